The molecule has 3 rings (SSSR count). The van der Waals surface area contributed by atoms with Gasteiger partial charge >= 0.3 is 0 Å². The Morgan fingerprint density at radius 1 is 1.43 bits per heavy atom. The first-order valence-electron chi connectivity index (χ1n) is 7.96. The fourth-order valence-corrected chi connectivity index (χ4v) is 4.80. The van der Waals surface area contributed by atoms with Crippen LogP contribution in [0.4, 0.5) is 0 Å². The Morgan fingerprint density at radius 3 is 2.90 bits per heavy atom. The summed E-state index contributed by atoms with van der Waals surface area (Å²) in [5, 5.41) is 3.58. The van der Waals surface area contributed by atoms with E-state index in [0.717, 1.165) is 22.2 Å². The fraction of sp³-hybridized carbons (Fsp3) is 0.688. The van der Waals surface area contributed by atoms with Crippen LogP contribution in [-0.4, -0.2) is 29.4 Å². The molecule has 1 N–H and O–H groups in total. The van der Waals surface area contributed by atoms with E-state index in [1.165, 1.54) is 25.7 Å². The molecule has 1 aromatic rings. The van der Waals surface area contributed by atoms with Crippen molar-refractivity contribution >= 4 is 28.8 Å². The average molecular weight is 327 g/mol. The maximum Gasteiger partial charge on any atom is 0.240 e. The molecule has 3 atom stereocenters. The molecule has 3 unspecified atom stereocenters. The van der Waals surface area contributed by atoms with Crippen molar-refractivity contribution in [2.24, 2.45) is 5.92 Å². The van der Waals surface area contributed by atoms with Crippen molar-refractivity contribution in [3.63, 3.8) is 0 Å². The standard InChI is InChI=1S/C16H23ClN2OS/c1-2-19(10-12-7-8-15(17)21-12)16(20)14-9-11-5-3-4-6-13(11)18-14/h7-8,11,13-14,18H,2-6,9-10H2,1H3. The molecule has 21 heavy (non-hydrogen) atoms. The minimum atomic E-state index is 0.0217. The summed E-state index contributed by atoms with van der Waals surface area (Å²) < 4.78 is 0.790. The van der Waals surface area contributed by atoms with E-state index in [-0.39, 0.29) is 11.9 Å². The summed E-state index contributed by atoms with van der Waals surface area (Å²) in [6.45, 7) is 3.48. The van der Waals surface area contributed by atoms with Gasteiger partial charge in [-0.1, -0.05) is 24.4 Å². The molecule has 2 fully saturated rings. The summed E-state index contributed by atoms with van der Waals surface area (Å²) in [7, 11) is 0. The lowest BCUT2D eigenvalue weighted by atomic mass is 9.85. The van der Waals surface area contributed by atoms with Crippen LogP contribution in [0.15, 0.2) is 12.1 Å². The topological polar surface area (TPSA) is 32.3 Å². The zero-order valence-electron chi connectivity index (χ0n) is 12.5. The second-order valence-electron chi connectivity index (χ2n) is 6.16. The molecule has 1 aliphatic heterocycles. The maximum absolute atomic E-state index is 12.8. The van der Waals surface area contributed by atoms with Crippen LogP contribution in [0.3, 0.4) is 0 Å². The van der Waals surface area contributed by atoms with Gasteiger partial charge in [0.25, 0.3) is 0 Å². The molecule has 2 aliphatic rings. The fourth-order valence-electron chi connectivity index (χ4n) is 3.70. The van der Waals surface area contributed by atoms with Crippen molar-refractivity contribution < 1.29 is 4.79 Å². The summed E-state index contributed by atoms with van der Waals surface area (Å²) in [5.41, 5.74) is 0. The Hall–Kier alpha value is -0.580. The first kappa shape index (κ1) is 15.3. The van der Waals surface area contributed by atoms with Crippen LogP contribution < -0.4 is 5.32 Å². The number of fused-ring (bicyclic) bond motifs is 1. The molecular weight excluding hydrogens is 304 g/mol. The van der Waals surface area contributed by atoms with E-state index < -0.39 is 0 Å². The van der Waals surface area contributed by atoms with Crippen molar-refractivity contribution in [2.75, 3.05) is 6.54 Å². The highest BCUT2D eigenvalue weighted by molar-refractivity contribution is 7.16. The maximum atomic E-state index is 12.8. The van der Waals surface area contributed by atoms with E-state index in [1.54, 1.807) is 11.3 Å². The number of amides is 1. The molecule has 1 aromatic heterocycles. The molecule has 1 aliphatic carbocycles. The third-order valence-corrected chi connectivity index (χ3v) is 6.05. The van der Waals surface area contributed by atoms with E-state index in [2.05, 4.69) is 12.2 Å². The van der Waals surface area contributed by atoms with Crippen molar-refractivity contribution in [3.8, 4) is 0 Å². The van der Waals surface area contributed by atoms with Crippen LogP contribution >= 0.6 is 22.9 Å². The van der Waals surface area contributed by atoms with Gasteiger partial charge in [-0.3, -0.25) is 4.79 Å². The predicted octanol–water partition coefficient (Wildman–Crippen LogP) is 3.67. The van der Waals surface area contributed by atoms with Crippen molar-refractivity contribution in [3.05, 3.63) is 21.3 Å². The van der Waals surface area contributed by atoms with Crippen LogP contribution in [0, 0.1) is 5.92 Å². The number of thiophene rings is 1. The van der Waals surface area contributed by atoms with Crippen LogP contribution in [0.1, 0.15) is 43.9 Å². The first-order valence-corrected chi connectivity index (χ1v) is 9.16. The van der Waals surface area contributed by atoms with Gasteiger partial charge in [-0.2, -0.15) is 0 Å². The molecule has 0 spiro atoms. The molecule has 1 saturated carbocycles. The molecule has 0 bridgehead atoms. The molecule has 5 heteroatoms. The summed E-state index contributed by atoms with van der Waals surface area (Å²) in [6.07, 6.45) is 6.18. The normalized spacial score (nSPS) is 28.4. The number of likely N-dealkylation sites (N-methyl/N-ethyl adjacent to an activating group) is 1. The lowest BCUT2D eigenvalue weighted by Crippen LogP contribution is -2.45. The highest BCUT2D eigenvalue weighted by Crippen LogP contribution is 2.34. The van der Waals surface area contributed by atoms with Gasteiger partial charge in [0.15, 0.2) is 0 Å². The Balaban J connectivity index is 1.62. The van der Waals surface area contributed by atoms with Gasteiger partial charge in [-0.25, -0.2) is 0 Å². The van der Waals surface area contributed by atoms with E-state index in [9.17, 15) is 4.79 Å². The van der Waals surface area contributed by atoms with Gasteiger partial charge in [-0.15, -0.1) is 11.3 Å². The number of hydrogen-bond acceptors (Lipinski definition) is 3. The van der Waals surface area contributed by atoms with Crippen molar-refractivity contribution in [2.45, 2.75) is 57.7 Å². The number of carbonyl (C=O) groups is 1. The van der Waals surface area contributed by atoms with Gasteiger partial charge in [0.2, 0.25) is 5.91 Å². The third kappa shape index (κ3) is 3.43. The minimum absolute atomic E-state index is 0.0217. The van der Waals surface area contributed by atoms with Gasteiger partial charge in [0.1, 0.15) is 0 Å². The SMILES string of the molecule is CCN(Cc1ccc(Cl)s1)C(=O)C1CC2CCCCC2N1. The molecule has 1 saturated heterocycles. The highest BCUT2D eigenvalue weighted by atomic mass is 35.5. The lowest BCUT2D eigenvalue weighted by Gasteiger charge is -2.25. The first-order chi connectivity index (χ1) is 10.2. The lowest BCUT2D eigenvalue weighted by molar-refractivity contribution is -0.133. The van der Waals surface area contributed by atoms with E-state index in [1.807, 2.05) is 17.0 Å². The van der Waals surface area contributed by atoms with Crippen LogP contribution in [0.5, 0.6) is 0 Å². The predicted molar refractivity (Wildman–Crippen MR) is 87.7 cm³/mol. The Bertz CT molecular complexity index is 490. The van der Waals surface area contributed by atoms with Crippen molar-refractivity contribution in [1.82, 2.24) is 10.2 Å². The van der Waals surface area contributed by atoms with Crippen molar-refractivity contribution in [1.29, 1.82) is 0 Å². The second-order valence-corrected chi connectivity index (χ2v) is 7.96. The zero-order chi connectivity index (χ0) is 14.8. The largest absolute Gasteiger partial charge is 0.336 e. The Kier molecular flexibility index (Phi) is 4.87. The number of nitrogens with zero attached hydrogens (tertiary/aromatic N) is 1. The number of nitrogens with one attached hydrogen (secondary N) is 1. The minimum Gasteiger partial charge on any atom is -0.336 e. The van der Waals surface area contributed by atoms with Gasteiger partial charge < -0.3 is 10.2 Å². The number of carbonyl (C=O) groups excluding carboxylic acids is 1. The molecule has 2 heterocycles. The summed E-state index contributed by atoms with van der Waals surface area (Å²) in [6, 6.07) is 4.52. The zero-order valence-corrected chi connectivity index (χ0v) is 14.1. The number of halogens is 1. The highest BCUT2D eigenvalue weighted by Gasteiger charge is 2.39. The van der Waals surface area contributed by atoms with Gasteiger partial charge in [0, 0.05) is 17.5 Å². The quantitative estimate of drug-likeness (QED) is 0.915. The van der Waals surface area contributed by atoms with E-state index >= 15 is 0 Å². The molecular formula is C16H23ClN2OS. The molecule has 0 aromatic carbocycles. The molecule has 0 radical (unpaired) electrons. The monoisotopic (exact) mass is 326 g/mol. The van der Waals surface area contributed by atoms with Gasteiger partial charge in [-0.05, 0) is 44.2 Å². The van der Waals surface area contributed by atoms with E-state index in [4.69, 9.17) is 11.6 Å². The average Bonchev–Trinajstić information content (AvgIpc) is 3.09. The van der Waals surface area contributed by atoms with Crippen LogP contribution in [0.25, 0.3) is 0 Å². The Morgan fingerprint density at radius 2 is 2.24 bits per heavy atom. The number of hydrogen-bond donors (Lipinski definition) is 1. The van der Waals surface area contributed by atoms with Crippen LogP contribution in [-0.2, 0) is 11.3 Å². The van der Waals surface area contributed by atoms with Crippen LogP contribution in [0.2, 0.25) is 4.34 Å². The van der Waals surface area contributed by atoms with Gasteiger partial charge in [0.05, 0.1) is 16.9 Å². The summed E-state index contributed by atoms with van der Waals surface area (Å²) in [5.74, 6) is 0.971. The Labute approximate surface area is 135 Å². The number of rotatable bonds is 4. The molecule has 116 valence electrons. The smallest absolute Gasteiger partial charge is 0.240 e. The molecule has 3 nitrogen and oxygen atoms in total. The third-order valence-electron chi connectivity index (χ3n) is 4.83. The van der Waals surface area contributed by atoms with E-state index in [0.29, 0.717) is 18.5 Å². The second kappa shape index (κ2) is 6.67. The summed E-state index contributed by atoms with van der Waals surface area (Å²) in [4.78, 5) is 15.9. The molecule has 1 amide bonds. The summed E-state index contributed by atoms with van der Waals surface area (Å²) >= 11 is 7.54.